The van der Waals surface area contributed by atoms with Crippen LogP contribution in [0.5, 0.6) is 0 Å². The molecule has 0 saturated heterocycles. The van der Waals surface area contributed by atoms with Crippen molar-refractivity contribution in [2.24, 2.45) is 0 Å². The van der Waals surface area contributed by atoms with Gasteiger partial charge in [0.2, 0.25) is 0 Å². The predicted molar refractivity (Wildman–Crippen MR) is 89.3 cm³/mol. The van der Waals surface area contributed by atoms with Gasteiger partial charge in [-0.3, -0.25) is 4.79 Å². The van der Waals surface area contributed by atoms with E-state index < -0.39 is 0 Å². The molecule has 2 aromatic heterocycles. The van der Waals surface area contributed by atoms with Crippen LogP contribution in [0.1, 0.15) is 10.4 Å². The van der Waals surface area contributed by atoms with Crippen molar-refractivity contribution in [1.82, 2.24) is 24.8 Å². The minimum Gasteiger partial charge on any atom is -0.351 e. The summed E-state index contributed by atoms with van der Waals surface area (Å²) < 4.78 is 1.70. The van der Waals surface area contributed by atoms with Gasteiger partial charge in [0.15, 0.2) is 5.65 Å². The standard InChI is InChI=1S/C17H19N5O/c1-21(2)11-10-19-17(23)14-12-20-22-15(8-9-18-16(14)22)13-6-4-3-5-7-13/h3-9,12H,10-11H2,1-2H3,(H,19,23). The molecule has 1 aromatic carbocycles. The van der Waals surface area contributed by atoms with E-state index in [9.17, 15) is 4.79 Å². The Morgan fingerprint density at radius 2 is 2.00 bits per heavy atom. The van der Waals surface area contributed by atoms with Crippen LogP contribution >= 0.6 is 0 Å². The third kappa shape index (κ3) is 3.22. The summed E-state index contributed by atoms with van der Waals surface area (Å²) in [6.07, 6.45) is 3.27. The summed E-state index contributed by atoms with van der Waals surface area (Å²) in [7, 11) is 3.93. The maximum absolute atomic E-state index is 12.3. The first-order chi connectivity index (χ1) is 11.2. The molecule has 2 heterocycles. The van der Waals surface area contributed by atoms with E-state index >= 15 is 0 Å². The van der Waals surface area contributed by atoms with E-state index in [1.54, 1.807) is 16.9 Å². The van der Waals surface area contributed by atoms with E-state index in [1.807, 2.05) is 55.4 Å². The number of amides is 1. The van der Waals surface area contributed by atoms with E-state index in [4.69, 9.17) is 0 Å². The van der Waals surface area contributed by atoms with Crippen molar-refractivity contribution in [3.8, 4) is 11.3 Å². The molecular weight excluding hydrogens is 290 g/mol. The molecule has 0 saturated carbocycles. The van der Waals surface area contributed by atoms with Gasteiger partial charge < -0.3 is 10.2 Å². The summed E-state index contributed by atoms with van der Waals surface area (Å²) in [4.78, 5) is 18.7. The van der Waals surface area contributed by atoms with Crippen molar-refractivity contribution in [3.63, 3.8) is 0 Å². The molecule has 1 amide bonds. The minimum absolute atomic E-state index is 0.153. The summed E-state index contributed by atoms with van der Waals surface area (Å²) in [5, 5.41) is 7.24. The first-order valence-corrected chi connectivity index (χ1v) is 7.48. The van der Waals surface area contributed by atoms with Crippen LogP contribution < -0.4 is 5.32 Å². The lowest BCUT2D eigenvalue weighted by atomic mass is 10.1. The Labute approximate surface area is 134 Å². The molecule has 0 aliphatic rings. The molecule has 0 aliphatic carbocycles. The average Bonchev–Trinajstić information content (AvgIpc) is 2.99. The Hall–Kier alpha value is -2.73. The Morgan fingerprint density at radius 3 is 2.74 bits per heavy atom. The number of rotatable bonds is 5. The van der Waals surface area contributed by atoms with Gasteiger partial charge in [0, 0.05) is 24.8 Å². The van der Waals surface area contributed by atoms with Crippen molar-refractivity contribution < 1.29 is 4.79 Å². The number of nitrogens with zero attached hydrogens (tertiary/aromatic N) is 4. The second-order valence-electron chi connectivity index (χ2n) is 5.55. The third-order valence-corrected chi connectivity index (χ3v) is 3.56. The summed E-state index contributed by atoms with van der Waals surface area (Å²) in [6, 6.07) is 11.8. The fourth-order valence-corrected chi connectivity index (χ4v) is 2.37. The molecule has 0 aliphatic heterocycles. The maximum Gasteiger partial charge on any atom is 0.256 e. The monoisotopic (exact) mass is 309 g/mol. The quantitative estimate of drug-likeness (QED) is 0.779. The molecular formula is C17H19N5O. The molecule has 0 bridgehead atoms. The van der Waals surface area contributed by atoms with Crippen LogP contribution in [-0.4, -0.2) is 52.6 Å². The molecule has 6 heteroatoms. The van der Waals surface area contributed by atoms with Gasteiger partial charge in [-0.15, -0.1) is 0 Å². The first kappa shape index (κ1) is 15.2. The maximum atomic E-state index is 12.3. The van der Waals surface area contributed by atoms with Gasteiger partial charge in [-0.05, 0) is 20.2 Å². The van der Waals surface area contributed by atoms with Crippen LogP contribution in [0.2, 0.25) is 0 Å². The number of aromatic nitrogens is 3. The van der Waals surface area contributed by atoms with E-state index in [-0.39, 0.29) is 5.91 Å². The highest BCUT2D eigenvalue weighted by Gasteiger charge is 2.15. The van der Waals surface area contributed by atoms with E-state index in [1.165, 1.54) is 0 Å². The fraction of sp³-hybridized carbons (Fsp3) is 0.235. The third-order valence-electron chi connectivity index (χ3n) is 3.56. The van der Waals surface area contributed by atoms with Crippen molar-refractivity contribution in [3.05, 3.63) is 54.4 Å². The molecule has 0 unspecified atom stereocenters. The van der Waals surface area contributed by atoms with Gasteiger partial charge in [0.05, 0.1) is 11.9 Å². The number of hydrogen-bond donors (Lipinski definition) is 1. The number of hydrogen-bond acceptors (Lipinski definition) is 4. The Balaban J connectivity index is 1.91. The van der Waals surface area contributed by atoms with Gasteiger partial charge in [-0.1, -0.05) is 30.3 Å². The zero-order valence-corrected chi connectivity index (χ0v) is 13.2. The molecule has 6 nitrogen and oxygen atoms in total. The van der Waals surface area contributed by atoms with E-state index in [2.05, 4.69) is 15.4 Å². The van der Waals surface area contributed by atoms with Gasteiger partial charge in [-0.25, -0.2) is 9.50 Å². The number of likely N-dealkylation sites (N-methyl/N-ethyl adjacent to an activating group) is 1. The van der Waals surface area contributed by atoms with Crippen LogP contribution in [0.25, 0.3) is 16.9 Å². The Kier molecular flexibility index (Phi) is 4.34. The molecule has 3 aromatic rings. The highest BCUT2D eigenvalue weighted by Crippen LogP contribution is 2.20. The molecule has 118 valence electrons. The molecule has 0 atom stereocenters. The molecule has 0 spiro atoms. The Bertz CT molecular complexity index is 810. The minimum atomic E-state index is -0.153. The summed E-state index contributed by atoms with van der Waals surface area (Å²) in [5.41, 5.74) is 2.99. The lowest BCUT2D eigenvalue weighted by molar-refractivity contribution is 0.0952. The summed E-state index contributed by atoms with van der Waals surface area (Å²) in [6.45, 7) is 1.37. The second-order valence-corrected chi connectivity index (χ2v) is 5.55. The Morgan fingerprint density at radius 1 is 1.22 bits per heavy atom. The largest absolute Gasteiger partial charge is 0.351 e. The first-order valence-electron chi connectivity index (χ1n) is 7.48. The SMILES string of the molecule is CN(C)CCNC(=O)c1cnn2c(-c3ccccc3)ccnc12. The van der Waals surface area contributed by atoms with Crippen LogP contribution in [0.15, 0.2) is 48.8 Å². The van der Waals surface area contributed by atoms with Crippen molar-refractivity contribution in [1.29, 1.82) is 0 Å². The normalized spacial score (nSPS) is 11.1. The van der Waals surface area contributed by atoms with E-state index in [0.29, 0.717) is 17.8 Å². The predicted octanol–water partition coefficient (Wildman–Crippen LogP) is 1.69. The fourth-order valence-electron chi connectivity index (χ4n) is 2.37. The highest BCUT2D eigenvalue weighted by molar-refractivity contribution is 5.99. The number of carbonyl (C=O) groups is 1. The van der Waals surface area contributed by atoms with Crippen LogP contribution in [0, 0.1) is 0 Å². The number of nitrogens with one attached hydrogen (secondary N) is 1. The molecule has 3 rings (SSSR count). The lowest BCUT2D eigenvalue weighted by Gasteiger charge is -2.09. The number of carbonyl (C=O) groups excluding carboxylic acids is 1. The smallest absolute Gasteiger partial charge is 0.256 e. The van der Waals surface area contributed by atoms with Crippen LogP contribution in [0.3, 0.4) is 0 Å². The zero-order valence-electron chi connectivity index (χ0n) is 13.2. The molecule has 1 N–H and O–H groups in total. The van der Waals surface area contributed by atoms with Gasteiger partial charge in [0.25, 0.3) is 5.91 Å². The van der Waals surface area contributed by atoms with Gasteiger partial charge in [0.1, 0.15) is 5.56 Å². The number of benzene rings is 1. The van der Waals surface area contributed by atoms with Gasteiger partial charge in [-0.2, -0.15) is 5.10 Å². The summed E-state index contributed by atoms with van der Waals surface area (Å²) in [5.74, 6) is -0.153. The van der Waals surface area contributed by atoms with Crippen LogP contribution in [0.4, 0.5) is 0 Å². The van der Waals surface area contributed by atoms with E-state index in [0.717, 1.165) is 17.8 Å². The van der Waals surface area contributed by atoms with Crippen molar-refractivity contribution in [2.45, 2.75) is 0 Å². The topological polar surface area (TPSA) is 62.5 Å². The molecule has 23 heavy (non-hydrogen) atoms. The van der Waals surface area contributed by atoms with Gasteiger partial charge >= 0.3 is 0 Å². The molecule has 0 radical (unpaired) electrons. The average molecular weight is 309 g/mol. The second kappa shape index (κ2) is 6.58. The van der Waals surface area contributed by atoms with Crippen molar-refractivity contribution in [2.75, 3.05) is 27.2 Å². The molecule has 0 fully saturated rings. The number of fused-ring (bicyclic) bond motifs is 1. The zero-order chi connectivity index (χ0) is 16.2. The van der Waals surface area contributed by atoms with Crippen LogP contribution in [-0.2, 0) is 0 Å². The lowest BCUT2D eigenvalue weighted by Crippen LogP contribution is -2.31. The summed E-state index contributed by atoms with van der Waals surface area (Å²) >= 11 is 0. The van der Waals surface area contributed by atoms with Crippen molar-refractivity contribution >= 4 is 11.6 Å². The highest BCUT2D eigenvalue weighted by atomic mass is 16.1.